The van der Waals surface area contributed by atoms with E-state index in [0.29, 0.717) is 19.2 Å². The lowest BCUT2D eigenvalue weighted by atomic mass is 10.1. The molecule has 0 spiro atoms. The van der Waals surface area contributed by atoms with Gasteiger partial charge >= 0.3 is 0 Å². The van der Waals surface area contributed by atoms with Crippen LogP contribution >= 0.6 is 0 Å². The molecule has 3 rings (SSSR count). The zero-order valence-corrected chi connectivity index (χ0v) is 12.2. The van der Waals surface area contributed by atoms with Gasteiger partial charge in [-0.2, -0.15) is 0 Å². The zero-order chi connectivity index (χ0) is 14.8. The molecular weight excluding hydrogens is 271 g/mol. The summed E-state index contributed by atoms with van der Waals surface area (Å²) in [6.45, 7) is 3.82. The Labute approximate surface area is 124 Å². The highest BCUT2D eigenvalue weighted by molar-refractivity contribution is 5.81. The topological polar surface area (TPSA) is 41.6 Å². The third-order valence-corrected chi connectivity index (χ3v) is 4.17. The normalized spacial score (nSPS) is 24.6. The Balaban J connectivity index is 1.63. The monoisotopic (exact) mass is 292 g/mol. The lowest BCUT2D eigenvalue weighted by molar-refractivity contribution is -0.129. The molecule has 114 valence electrons. The van der Waals surface area contributed by atoms with Gasteiger partial charge in [-0.1, -0.05) is 12.1 Å². The van der Waals surface area contributed by atoms with Crippen LogP contribution in [-0.4, -0.2) is 42.6 Å². The van der Waals surface area contributed by atoms with Crippen LogP contribution in [0, 0.1) is 5.82 Å². The van der Waals surface area contributed by atoms with Crippen LogP contribution in [0.25, 0.3) is 0 Å². The van der Waals surface area contributed by atoms with Crippen molar-refractivity contribution in [3.63, 3.8) is 0 Å². The van der Waals surface area contributed by atoms with E-state index in [4.69, 9.17) is 4.74 Å². The second-order valence-electron chi connectivity index (χ2n) is 5.87. The third kappa shape index (κ3) is 3.60. The molecule has 0 bridgehead atoms. The Morgan fingerprint density at radius 2 is 2.29 bits per heavy atom. The minimum absolute atomic E-state index is 0.0809. The molecule has 1 saturated heterocycles. The molecule has 4 nitrogen and oxygen atoms in total. The molecule has 1 saturated carbocycles. The fraction of sp³-hybridized carbons (Fsp3) is 0.562. The van der Waals surface area contributed by atoms with Crippen molar-refractivity contribution in [1.29, 1.82) is 0 Å². The highest BCUT2D eigenvalue weighted by atomic mass is 19.1. The molecule has 2 unspecified atom stereocenters. The van der Waals surface area contributed by atoms with E-state index < -0.39 is 0 Å². The van der Waals surface area contributed by atoms with Gasteiger partial charge in [-0.15, -0.1) is 0 Å². The van der Waals surface area contributed by atoms with Crippen LogP contribution < -0.4 is 5.32 Å². The predicted octanol–water partition coefficient (Wildman–Crippen LogP) is 1.87. The summed E-state index contributed by atoms with van der Waals surface area (Å²) in [7, 11) is 0. The Hall–Kier alpha value is -1.46. The lowest BCUT2D eigenvalue weighted by Gasteiger charge is -2.36. The van der Waals surface area contributed by atoms with Crippen LogP contribution in [-0.2, 0) is 9.53 Å². The van der Waals surface area contributed by atoms with E-state index in [1.165, 1.54) is 12.1 Å². The molecule has 1 amide bonds. The summed E-state index contributed by atoms with van der Waals surface area (Å²) in [6, 6.07) is 6.69. The standard InChI is InChI=1S/C16H21FN2O2/c1-11(16(20)18-14-5-6-14)19-7-8-21-15(10-19)12-3-2-4-13(17)9-12/h2-4,9,11,14-15H,5-8,10H2,1H3,(H,18,20). The maximum Gasteiger partial charge on any atom is 0.237 e. The predicted molar refractivity (Wildman–Crippen MR) is 77.3 cm³/mol. The van der Waals surface area contributed by atoms with Crippen molar-refractivity contribution in [1.82, 2.24) is 10.2 Å². The zero-order valence-electron chi connectivity index (χ0n) is 12.2. The minimum atomic E-state index is -0.257. The maximum absolute atomic E-state index is 13.3. The van der Waals surface area contributed by atoms with Gasteiger partial charge in [0, 0.05) is 19.1 Å². The number of halogens is 1. The van der Waals surface area contributed by atoms with Crippen molar-refractivity contribution in [2.45, 2.75) is 38.0 Å². The molecule has 1 N–H and O–H groups in total. The molecule has 5 heteroatoms. The van der Waals surface area contributed by atoms with Crippen molar-refractivity contribution >= 4 is 5.91 Å². The van der Waals surface area contributed by atoms with Gasteiger partial charge < -0.3 is 10.1 Å². The van der Waals surface area contributed by atoms with Crippen molar-refractivity contribution < 1.29 is 13.9 Å². The van der Waals surface area contributed by atoms with Crippen LogP contribution in [0.4, 0.5) is 4.39 Å². The number of benzene rings is 1. The minimum Gasteiger partial charge on any atom is -0.371 e. The number of hydrogen-bond acceptors (Lipinski definition) is 3. The summed E-state index contributed by atoms with van der Waals surface area (Å²) in [4.78, 5) is 14.2. The largest absolute Gasteiger partial charge is 0.371 e. The number of nitrogens with one attached hydrogen (secondary N) is 1. The fourth-order valence-electron chi connectivity index (χ4n) is 2.64. The van der Waals surface area contributed by atoms with Gasteiger partial charge in [0.1, 0.15) is 5.82 Å². The molecule has 1 aromatic rings. The van der Waals surface area contributed by atoms with E-state index in [1.54, 1.807) is 6.07 Å². The van der Waals surface area contributed by atoms with Crippen LogP contribution in [0.1, 0.15) is 31.4 Å². The molecule has 0 aromatic heterocycles. The second-order valence-corrected chi connectivity index (χ2v) is 5.87. The smallest absolute Gasteiger partial charge is 0.237 e. The number of hydrogen-bond donors (Lipinski definition) is 1. The molecule has 1 heterocycles. The van der Waals surface area contributed by atoms with Crippen LogP contribution in [0.15, 0.2) is 24.3 Å². The number of rotatable bonds is 4. The van der Waals surface area contributed by atoms with Gasteiger partial charge in [-0.25, -0.2) is 4.39 Å². The molecule has 2 aliphatic rings. The average Bonchev–Trinajstić information content (AvgIpc) is 3.30. The first-order valence-corrected chi connectivity index (χ1v) is 7.55. The van der Waals surface area contributed by atoms with Crippen molar-refractivity contribution in [3.8, 4) is 0 Å². The quantitative estimate of drug-likeness (QED) is 0.921. The van der Waals surface area contributed by atoms with E-state index in [0.717, 1.165) is 24.9 Å². The summed E-state index contributed by atoms with van der Waals surface area (Å²) >= 11 is 0. The summed E-state index contributed by atoms with van der Waals surface area (Å²) < 4.78 is 19.1. The lowest BCUT2D eigenvalue weighted by Crippen LogP contribution is -2.50. The van der Waals surface area contributed by atoms with E-state index >= 15 is 0 Å². The SMILES string of the molecule is CC(C(=O)NC1CC1)N1CCOC(c2cccc(F)c2)C1. The van der Waals surface area contributed by atoms with Crippen molar-refractivity contribution in [2.24, 2.45) is 0 Å². The number of ether oxygens (including phenoxy) is 1. The molecular formula is C16H21FN2O2. The van der Waals surface area contributed by atoms with Gasteiger partial charge in [0.05, 0.1) is 18.8 Å². The molecule has 2 atom stereocenters. The van der Waals surface area contributed by atoms with Crippen LogP contribution in [0.3, 0.4) is 0 Å². The fourth-order valence-corrected chi connectivity index (χ4v) is 2.64. The highest BCUT2D eigenvalue weighted by Gasteiger charge is 2.31. The number of carbonyl (C=O) groups excluding carboxylic acids is 1. The Morgan fingerprint density at radius 3 is 3.00 bits per heavy atom. The van der Waals surface area contributed by atoms with Crippen molar-refractivity contribution in [3.05, 3.63) is 35.6 Å². The van der Waals surface area contributed by atoms with Crippen LogP contribution in [0.5, 0.6) is 0 Å². The molecule has 1 aliphatic heterocycles. The van der Waals surface area contributed by atoms with E-state index in [9.17, 15) is 9.18 Å². The van der Waals surface area contributed by atoms with Crippen LogP contribution in [0.2, 0.25) is 0 Å². The third-order valence-electron chi connectivity index (χ3n) is 4.17. The molecule has 1 aliphatic carbocycles. The highest BCUT2D eigenvalue weighted by Crippen LogP contribution is 2.24. The summed E-state index contributed by atoms with van der Waals surface area (Å²) in [5.74, 6) is -0.176. The second kappa shape index (κ2) is 6.12. The number of amides is 1. The Morgan fingerprint density at radius 1 is 1.48 bits per heavy atom. The number of carbonyl (C=O) groups is 1. The first-order valence-electron chi connectivity index (χ1n) is 7.55. The van der Waals surface area contributed by atoms with Gasteiger partial charge in [-0.05, 0) is 37.5 Å². The van der Waals surface area contributed by atoms with Crippen molar-refractivity contribution in [2.75, 3.05) is 19.7 Å². The van der Waals surface area contributed by atoms with E-state index in [1.807, 2.05) is 13.0 Å². The molecule has 21 heavy (non-hydrogen) atoms. The molecule has 0 radical (unpaired) electrons. The van der Waals surface area contributed by atoms with Gasteiger partial charge in [0.25, 0.3) is 0 Å². The van der Waals surface area contributed by atoms with Gasteiger partial charge in [0.15, 0.2) is 0 Å². The first-order chi connectivity index (χ1) is 10.1. The summed E-state index contributed by atoms with van der Waals surface area (Å²) in [5, 5.41) is 3.03. The Bertz CT molecular complexity index is 519. The number of nitrogens with zero attached hydrogens (tertiary/aromatic N) is 1. The number of morpholine rings is 1. The maximum atomic E-state index is 13.3. The summed E-state index contributed by atoms with van der Waals surface area (Å²) in [6.07, 6.45) is 2.01. The van der Waals surface area contributed by atoms with E-state index in [2.05, 4.69) is 10.2 Å². The Kier molecular flexibility index (Phi) is 4.22. The van der Waals surface area contributed by atoms with Gasteiger partial charge in [-0.3, -0.25) is 9.69 Å². The molecule has 2 fully saturated rings. The van der Waals surface area contributed by atoms with Gasteiger partial charge in [0.2, 0.25) is 5.91 Å². The summed E-state index contributed by atoms with van der Waals surface area (Å²) in [5.41, 5.74) is 0.828. The molecule has 1 aromatic carbocycles. The first kappa shape index (κ1) is 14.5. The van der Waals surface area contributed by atoms with E-state index in [-0.39, 0.29) is 23.9 Å². The average molecular weight is 292 g/mol.